The Hall–Kier alpha value is -3.21. The number of fused-ring (bicyclic) bond motifs is 1. The molecule has 0 aromatic carbocycles. The van der Waals surface area contributed by atoms with Gasteiger partial charge < -0.3 is 9.88 Å². The number of aromatic nitrogens is 5. The van der Waals surface area contributed by atoms with E-state index in [1.165, 1.54) is 19.2 Å². The van der Waals surface area contributed by atoms with Gasteiger partial charge in [0.1, 0.15) is 17.5 Å². The van der Waals surface area contributed by atoms with Crippen molar-refractivity contribution in [2.24, 2.45) is 5.92 Å². The predicted octanol–water partition coefficient (Wildman–Crippen LogP) is 2.85. The normalized spacial score (nSPS) is 18.7. The molecule has 3 aromatic heterocycles. The highest BCUT2D eigenvalue weighted by molar-refractivity contribution is 5.90. The summed E-state index contributed by atoms with van der Waals surface area (Å²) in [6, 6.07) is 4.23. The van der Waals surface area contributed by atoms with E-state index >= 15 is 0 Å². The molecular formula is C21H23N7O. The molecule has 8 nitrogen and oxygen atoms in total. The van der Waals surface area contributed by atoms with Crippen molar-refractivity contribution >= 4 is 16.9 Å². The predicted molar refractivity (Wildman–Crippen MR) is 106 cm³/mol. The van der Waals surface area contributed by atoms with Gasteiger partial charge in [0.05, 0.1) is 24.4 Å². The molecule has 8 heteroatoms. The standard InChI is InChI=1S/C21H23N7O/c22-7-6-21(12-27(13-21)18(29)9-15-3-1-2-4-15)28-11-16(10-26-28)19-17-5-8-23-20(17)25-14-24-19/h5,8,10-11,14-15H,1-4,6,9,12-13H2,(H,23,24,25). The van der Waals surface area contributed by atoms with Gasteiger partial charge in [-0.3, -0.25) is 9.48 Å². The van der Waals surface area contributed by atoms with Crippen LogP contribution < -0.4 is 0 Å². The largest absolute Gasteiger partial charge is 0.346 e. The molecule has 0 bridgehead atoms. The highest BCUT2D eigenvalue weighted by Gasteiger charge is 2.47. The van der Waals surface area contributed by atoms with E-state index in [1.807, 2.05) is 28.0 Å². The quantitative estimate of drug-likeness (QED) is 0.723. The van der Waals surface area contributed by atoms with Crippen molar-refractivity contribution in [2.45, 2.75) is 44.1 Å². The van der Waals surface area contributed by atoms with Gasteiger partial charge in [0, 0.05) is 42.9 Å². The molecule has 1 saturated heterocycles. The Labute approximate surface area is 168 Å². The summed E-state index contributed by atoms with van der Waals surface area (Å²) in [4.78, 5) is 26.3. The summed E-state index contributed by atoms with van der Waals surface area (Å²) in [5.74, 6) is 0.744. The molecule has 5 rings (SSSR count). The third kappa shape index (κ3) is 3.07. The van der Waals surface area contributed by atoms with Gasteiger partial charge in [0.15, 0.2) is 0 Å². The zero-order chi connectivity index (χ0) is 19.8. The molecule has 1 saturated carbocycles. The lowest BCUT2D eigenvalue weighted by molar-refractivity contribution is -0.143. The SMILES string of the molecule is N#CCC1(n2cc(-c3ncnc4[nH]ccc34)cn2)CN(C(=O)CC2CCCC2)C1. The maximum atomic E-state index is 12.6. The van der Waals surface area contributed by atoms with Crippen molar-refractivity contribution in [1.82, 2.24) is 29.6 Å². The summed E-state index contributed by atoms with van der Waals surface area (Å²) in [5, 5.41) is 14.9. The summed E-state index contributed by atoms with van der Waals surface area (Å²) in [6.45, 7) is 1.08. The van der Waals surface area contributed by atoms with Crippen LogP contribution in [0.3, 0.4) is 0 Å². The first-order chi connectivity index (χ1) is 14.2. The molecule has 148 valence electrons. The number of carbonyl (C=O) groups excluding carboxylic acids is 1. The van der Waals surface area contributed by atoms with Crippen LogP contribution in [0.1, 0.15) is 38.5 Å². The molecule has 1 aliphatic heterocycles. The number of nitriles is 1. The van der Waals surface area contributed by atoms with Crippen molar-refractivity contribution in [1.29, 1.82) is 5.26 Å². The van der Waals surface area contributed by atoms with Gasteiger partial charge in [-0.25, -0.2) is 9.97 Å². The molecule has 1 N–H and O–H groups in total. The van der Waals surface area contributed by atoms with E-state index in [0.29, 0.717) is 31.8 Å². The number of H-pyrrole nitrogens is 1. The maximum Gasteiger partial charge on any atom is 0.223 e. The number of nitrogens with one attached hydrogen (secondary N) is 1. The van der Waals surface area contributed by atoms with Crippen LogP contribution in [-0.2, 0) is 10.3 Å². The van der Waals surface area contributed by atoms with Crippen molar-refractivity contribution in [2.75, 3.05) is 13.1 Å². The summed E-state index contributed by atoms with van der Waals surface area (Å²) < 4.78 is 1.85. The zero-order valence-electron chi connectivity index (χ0n) is 16.2. The Kier molecular flexibility index (Phi) is 4.31. The minimum atomic E-state index is -0.456. The number of aromatic amines is 1. The molecule has 0 unspecified atom stereocenters. The van der Waals surface area contributed by atoms with Gasteiger partial charge in [-0.2, -0.15) is 10.4 Å². The van der Waals surface area contributed by atoms with Gasteiger partial charge in [-0.05, 0) is 24.8 Å². The number of amides is 1. The average Bonchev–Trinajstić information content (AvgIpc) is 3.44. The summed E-state index contributed by atoms with van der Waals surface area (Å²) >= 11 is 0. The van der Waals surface area contributed by atoms with E-state index in [4.69, 9.17) is 0 Å². The van der Waals surface area contributed by atoms with Crippen molar-refractivity contribution in [3.05, 3.63) is 31.0 Å². The van der Waals surface area contributed by atoms with Crippen molar-refractivity contribution in [3.63, 3.8) is 0 Å². The molecule has 29 heavy (non-hydrogen) atoms. The molecule has 0 spiro atoms. The lowest BCUT2D eigenvalue weighted by Gasteiger charge is -2.49. The monoisotopic (exact) mass is 389 g/mol. The van der Waals surface area contributed by atoms with Crippen LogP contribution in [0.4, 0.5) is 0 Å². The molecule has 1 aliphatic carbocycles. The fourth-order valence-electron chi connectivity index (χ4n) is 4.72. The number of likely N-dealkylation sites (tertiary alicyclic amines) is 1. The van der Waals surface area contributed by atoms with E-state index in [0.717, 1.165) is 35.1 Å². The highest BCUT2D eigenvalue weighted by atomic mass is 16.2. The van der Waals surface area contributed by atoms with E-state index in [9.17, 15) is 10.1 Å². The van der Waals surface area contributed by atoms with Crippen LogP contribution in [0.5, 0.6) is 0 Å². The van der Waals surface area contributed by atoms with Gasteiger partial charge >= 0.3 is 0 Å². The average molecular weight is 389 g/mol. The fourth-order valence-corrected chi connectivity index (χ4v) is 4.72. The van der Waals surface area contributed by atoms with Crippen LogP contribution >= 0.6 is 0 Å². The Balaban J connectivity index is 1.36. The lowest BCUT2D eigenvalue weighted by atomic mass is 9.86. The van der Waals surface area contributed by atoms with E-state index in [1.54, 1.807) is 6.20 Å². The first-order valence-corrected chi connectivity index (χ1v) is 10.2. The molecule has 2 aliphatic rings. The topological polar surface area (TPSA) is 103 Å². The molecule has 0 radical (unpaired) electrons. The van der Waals surface area contributed by atoms with Crippen molar-refractivity contribution in [3.8, 4) is 17.3 Å². The van der Waals surface area contributed by atoms with E-state index in [-0.39, 0.29) is 5.91 Å². The van der Waals surface area contributed by atoms with E-state index in [2.05, 4.69) is 26.1 Å². The Bertz CT molecular complexity index is 1080. The lowest BCUT2D eigenvalue weighted by Crippen LogP contribution is -2.64. The highest BCUT2D eigenvalue weighted by Crippen LogP contribution is 2.36. The van der Waals surface area contributed by atoms with Gasteiger partial charge in [-0.15, -0.1) is 0 Å². The molecule has 1 amide bonds. The molecule has 2 fully saturated rings. The second-order valence-electron chi connectivity index (χ2n) is 8.30. The third-order valence-corrected chi connectivity index (χ3v) is 6.37. The second-order valence-corrected chi connectivity index (χ2v) is 8.30. The smallest absolute Gasteiger partial charge is 0.223 e. The summed E-state index contributed by atoms with van der Waals surface area (Å²) in [5.41, 5.74) is 2.01. The number of carbonyl (C=O) groups is 1. The maximum absolute atomic E-state index is 12.6. The summed E-state index contributed by atoms with van der Waals surface area (Å²) in [7, 11) is 0. The van der Waals surface area contributed by atoms with Crippen LogP contribution in [0.25, 0.3) is 22.3 Å². The van der Waals surface area contributed by atoms with Crippen LogP contribution in [-0.4, -0.2) is 48.6 Å². The number of hydrogen-bond donors (Lipinski definition) is 1. The number of rotatable bonds is 5. The zero-order valence-corrected chi connectivity index (χ0v) is 16.2. The first-order valence-electron chi connectivity index (χ1n) is 10.2. The fraction of sp³-hybridized carbons (Fsp3) is 0.476. The van der Waals surface area contributed by atoms with Crippen LogP contribution in [0.15, 0.2) is 31.0 Å². The number of nitrogens with zero attached hydrogens (tertiary/aromatic N) is 6. The van der Waals surface area contributed by atoms with Gasteiger partial charge in [0.25, 0.3) is 0 Å². The molecule has 3 aromatic rings. The van der Waals surface area contributed by atoms with Crippen molar-refractivity contribution < 1.29 is 4.79 Å². The Morgan fingerprint density at radius 1 is 1.31 bits per heavy atom. The van der Waals surface area contributed by atoms with Gasteiger partial charge in [-0.1, -0.05) is 12.8 Å². The Morgan fingerprint density at radius 3 is 2.93 bits per heavy atom. The number of hydrogen-bond acceptors (Lipinski definition) is 5. The minimum absolute atomic E-state index is 0.211. The first kappa shape index (κ1) is 17.9. The molecule has 0 atom stereocenters. The Morgan fingerprint density at radius 2 is 2.14 bits per heavy atom. The van der Waals surface area contributed by atoms with Crippen LogP contribution in [0.2, 0.25) is 0 Å². The summed E-state index contributed by atoms with van der Waals surface area (Å²) in [6.07, 6.45) is 12.9. The molecular weight excluding hydrogens is 366 g/mol. The van der Waals surface area contributed by atoms with Gasteiger partial charge in [0.2, 0.25) is 5.91 Å². The third-order valence-electron chi connectivity index (χ3n) is 6.37. The van der Waals surface area contributed by atoms with E-state index < -0.39 is 5.54 Å². The molecule has 4 heterocycles. The minimum Gasteiger partial charge on any atom is -0.346 e. The van der Waals surface area contributed by atoms with Crippen LogP contribution in [0, 0.1) is 17.2 Å². The second kappa shape index (κ2) is 6.99.